The number of aromatic amines is 2. The summed E-state index contributed by atoms with van der Waals surface area (Å²) in [5.41, 5.74) is 6.46. The van der Waals surface area contributed by atoms with Crippen molar-refractivity contribution in [3.63, 3.8) is 0 Å². The molecule has 0 spiro atoms. The number of aromatic nitrogens is 4. The smallest absolute Gasteiger partial charge is 0.101 e. The van der Waals surface area contributed by atoms with Crippen molar-refractivity contribution in [2.24, 2.45) is 0 Å². The van der Waals surface area contributed by atoms with Gasteiger partial charge in [0, 0.05) is 22.5 Å². The van der Waals surface area contributed by atoms with Crippen LogP contribution >= 0.6 is 34.4 Å². The normalized spacial score (nSPS) is 12.8. The van der Waals surface area contributed by atoms with Gasteiger partial charge in [0.2, 0.25) is 0 Å². The molecule has 7 heteroatoms. The highest BCUT2D eigenvalue weighted by Gasteiger charge is 2.21. The zero-order valence-corrected chi connectivity index (χ0v) is 12.9. The lowest BCUT2D eigenvalue weighted by molar-refractivity contribution is 1.52. The van der Waals surface area contributed by atoms with Crippen molar-refractivity contribution in [2.45, 2.75) is 0 Å². The average molecular weight is 326 g/mol. The largest absolute Gasteiger partial charge is 0.294 e. The predicted molar refractivity (Wildman–Crippen MR) is 91.9 cm³/mol. The third kappa shape index (κ3) is 1.13. The molecule has 1 aromatic carbocycles. The Bertz CT molecular complexity index is 1190. The van der Waals surface area contributed by atoms with Crippen LogP contribution in [-0.2, 0) is 0 Å². The Labute approximate surface area is 129 Å². The summed E-state index contributed by atoms with van der Waals surface area (Å²) < 4.78 is 9.28. The van der Waals surface area contributed by atoms with Gasteiger partial charge < -0.3 is 0 Å². The van der Waals surface area contributed by atoms with E-state index >= 15 is 0 Å². The van der Waals surface area contributed by atoms with Gasteiger partial charge in [-0.2, -0.15) is 0 Å². The van der Waals surface area contributed by atoms with Crippen LogP contribution in [0.2, 0.25) is 0 Å². The van der Waals surface area contributed by atoms with Gasteiger partial charge in [-0.05, 0) is 22.9 Å². The predicted octanol–water partition coefficient (Wildman–Crippen LogP) is 5.08. The van der Waals surface area contributed by atoms with E-state index in [1.165, 1.54) is 31.9 Å². The van der Waals surface area contributed by atoms with Crippen LogP contribution < -0.4 is 0 Å². The first-order valence-corrected chi connectivity index (χ1v) is 9.00. The van der Waals surface area contributed by atoms with Gasteiger partial charge in [-0.1, -0.05) is 0 Å². The Morgan fingerprint density at radius 2 is 1.29 bits per heavy atom. The minimum atomic E-state index is 1.02. The van der Waals surface area contributed by atoms with Crippen LogP contribution in [0.3, 0.4) is 0 Å². The molecule has 5 heterocycles. The molecule has 0 fully saturated rings. The number of benzene rings is 1. The van der Waals surface area contributed by atoms with Gasteiger partial charge in [0.05, 0.1) is 31.5 Å². The zero-order valence-electron chi connectivity index (χ0n) is 10.4. The van der Waals surface area contributed by atoms with Crippen LogP contribution in [0.15, 0.2) is 22.9 Å². The molecule has 21 heavy (non-hydrogen) atoms. The molecule has 0 aliphatic heterocycles. The highest BCUT2D eigenvalue weighted by atomic mass is 32.1. The summed E-state index contributed by atoms with van der Waals surface area (Å²) in [7, 11) is 0. The average Bonchev–Trinajstić information content (AvgIpc) is 3.22. The maximum absolute atomic E-state index is 4.83. The van der Waals surface area contributed by atoms with E-state index < -0.39 is 0 Å². The highest BCUT2D eigenvalue weighted by Crippen LogP contribution is 2.43. The second-order valence-electron chi connectivity index (χ2n) is 5.00. The summed E-state index contributed by atoms with van der Waals surface area (Å²) >= 11 is 5.00. The van der Waals surface area contributed by atoms with Crippen molar-refractivity contribution in [1.82, 2.24) is 18.7 Å². The first-order valence-electron chi connectivity index (χ1n) is 6.43. The van der Waals surface area contributed by atoms with Crippen LogP contribution in [0.5, 0.6) is 0 Å². The first-order chi connectivity index (χ1) is 10.4. The van der Waals surface area contributed by atoms with E-state index in [2.05, 4.69) is 31.6 Å². The highest BCUT2D eigenvalue weighted by molar-refractivity contribution is 7.19. The van der Waals surface area contributed by atoms with E-state index in [9.17, 15) is 0 Å². The van der Waals surface area contributed by atoms with Gasteiger partial charge in [-0.15, -0.1) is 22.7 Å². The summed E-state index contributed by atoms with van der Waals surface area (Å²) in [6.45, 7) is 0. The fraction of sp³-hybridized carbons (Fsp3) is 0. The maximum Gasteiger partial charge on any atom is 0.101 e. The number of rotatable bonds is 0. The van der Waals surface area contributed by atoms with Gasteiger partial charge in [0.15, 0.2) is 0 Å². The van der Waals surface area contributed by atoms with E-state index in [0.29, 0.717) is 0 Å². The minimum absolute atomic E-state index is 1.02. The molecular weight excluding hydrogens is 320 g/mol. The molecule has 0 saturated heterocycles. The monoisotopic (exact) mass is 326 g/mol. The Morgan fingerprint density at radius 1 is 0.762 bits per heavy atom. The molecule has 0 saturated carbocycles. The Balaban J connectivity index is 2.12. The molecule has 6 rings (SSSR count). The van der Waals surface area contributed by atoms with E-state index in [1.54, 1.807) is 22.7 Å². The van der Waals surface area contributed by atoms with Gasteiger partial charge in [-0.25, -0.2) is 9.97 Å². The lowest BCUT2D eigenvalue weighted by Gasteiger charge is -1.96. The third-order valence-corrected chi connectivity index (χ3v) is 6.42. The minimum Gasteiger partial charge on any atom is -0.294 e. The van der Waals surface area contributed by atoms with Gasteiger partial charge in [0.25, 0.3) is 0 Å². The molecule has 6 aromatic rings. The lowest BCUT2D eigenvalue weighted by atomic mass is 10.1. The molecule has 2 N–H and O–H groups in total. The fourth-order valence-corrected chi connectivity index (χ4v) is 5.54. The van der Waals surface area contributed by atoms with Crippen molar-refractivity contribution >= 4 is 87.7 Å². The molecular formula is C14H6N4S3. The third-order valence-electron chi connectivity index (χ3n) is 3.96. The number of nitrogens with one attached hydrogen (secondary N) is 2. The van der Waals surface area contributed by atoms with E-state index in [4.69, 9.17) is 9.97 Å². The summed E-state index contributed by atoms with van der Waals surface area (Å²) in [6, 6.07) is 4.16. The van der Waals surface area contributed by atoms with Crippen LogP contribution in [0.1, 0.15) is 0 Å². The van der Waals surface area contributed by atoms with Crippen molar-refractivity contribution in [1.29, 1.82) is 0 Å². The number of fused-ring (bicyclic) bond motifs is 10. The molecule has 5 aromatic heterocycles. The number of H-pyrrole nitrogens is 2. The Morgan fingerprint density at radius 3 is 1.81 bits per heavy atom. The molecule has 0 amide bonds. The number of nitrogens with zero attached hydrogens (tertiary/aromatic N) is 2. The molecule has 0 aliphatic carbocycles. The lowest BCUT2D eigenvalue weighted by Crippen LogP contribution is -1.78. The molecule has 0 aliphatic rings. The van der Waals surface area contributed by atoms with Crippen molar-refractivity contribution in [3.8, 4) is 0 Å². The molecule has 0 radical (unpaired) electrons. The molecule has 0 atom stereocenters. The SMILES string of the molecule is c1cc2nc3c4nc5ccsc5c4c4[nH]s[nH]c4c3c2s1. The topological polar surface area (TPSA) is 57.4 Å². The fourth-order valence-electron chi connectivity index (χ4n) is 3.11. The van der Waals surface area contributed by atoms with Crippen LogP contribution in [0.4, 0.5) is 0 Å². The number of hydrogen-bond donors (Lipinski definition) is 2. The summed E-state index contributed by atoms with van der Waals surface area (Å²) in [5.74, 6) is 0. The number of hydrogen-bond acceptors (Lipinski definition) is 5. The van der Waals surface area contributed by atoms with Crippen molar-refractivity contribution in [3.05, 3.63) is 22.9 Å². The van der Waals surface area contributed by atoms with Gasteiger partial charge in [-0.3, -0.25) is 8.75 Å². The Hall–Kier alpha value is -1.96. The van der Waals surface area contributed by atoms with E-state index in [-0.39, 0.29) is 0 Å². The Kier molecular flexibility index (Phi) is 1.75. The maximum atomic E-state index is 4.83. The first kappa shape index (κ1) is 10.7. The number of thiophene rings is 2. The van der Waals surface area contributed by atoms with Crippen molar-refractivity contribution < 1.29 is 0 Å². The molecule has 4 nitrogen and oxygen atoms in total. The zero-order chi connectivity index (χ0) is 13.6. The summed E-state index contributed by atoms with van der Waals surface area (Å²) in [5, 5.41) is 6.59. The van der Waals surface area contributed by atoms with Crippen LogP contribution in [0.25, 0.3) is 53.3 Å². The van der Waals surface area contributed by atoms with Crippen LogP contribution in [0, 0.1) is 0 Å². The molecule has 0 unspecified atom stereocenters. The summed E-state index contributed by atoms with van der Waals surface area (Å²) in [6.07, 6.45) is 0. The van der Waals surface area contributed by atoms with Gasteiger partial charge in [0.1, 0.15) is 11.0 Å². The second-order valence-corrected chi connectivity index (χ2v) is 7.44. The quantitative estimate of drug-likeness (QED) is 0.409. The molecule has 100 valence electrons. The van der Waals surface area contributed by atoms with Gasteiger partial charge >= 0.3 is 0 Å². The second kappa shape index (κ2) is 3.44. The van der Waals surface area contributed by atoms with Crippen LogP contribution in [-0.4, -0.2) is 18.7 Å². The molecule has 0 bridgehead atoms. The van der Waals surface area contributed by atoms with E-state index in [1.807, 2.05) is 0 Å². The van der Waals surface area contributed by atoms with E-state index in [0.717, 1.165) is 33.1 Å². The summed E-state index contributed by atoms with van der Waals surface area (Å²) in [4.78, 5) is 9.66. The van der Waals surface area contributed by atoms with Crippen molar-refractivity contribution in [2.75, 3.05) is 0 Å². The standard InChI is InChI=1S/C14H6N4S3/c1-3-19-13-5(1)15-9-7(13)11-12(18-21-17-11)8-10(9)16-6-2-4-20-14(6)8/h1-4,17-18H.